The number of aryl methyl sites for hydroxylation is 2. The summed E-state index contributed by atoms with van der Waals surface area (Å²) in [6, 6.07) is 1.97. The summed E-state index contributed by atoms with van der Waals surface area (Å²) in [7, 11) is 1.42. The maximum atomic E-state index is 11.2. The number of aromatic nitrogens is 2. The van der Waals surface area contributed by atoms with Gasteiger partial charge in [-0.3, -0.25) is 9.69 Å². The van der Waals surface area contributed by atoms with Gasteiger partial charge in [0.1, 0.15) is 0 Å². The Bertz CT molecular complexity index is 436. The summed E-state index contributed by atoms with van der Waals surface area (Å²) in [6.45, 7) is 7.63. The van der Waals surface area contributed by atoms with Crippen LogP contribution in [0.4, 0.5) is 5.95 Å². The van der Waals surface area contributed by atoms with Gasteiger partial charge in [0, 0.05) is 37.6 Å². The fourth-order valence-electron chi connectivity index (χ4n) is 2.20. The summed E-state index contributed by atoms with van der Waals surface area (Å²) in [6.07, 6.45) is 0. The molecular formula is C13H20N4O2. The van der Waals surface area contributed by atoms with E-state index in [1.54, 1.807) is 0 Å². The number of carbonyl (C=O) groups is 1. The van der Waals surface area contributed by atoms with Gasteiger partial charge in [-0.25, -0.2) is 9.97 Å². The molecule has 0 amide bonds. The summed E-state index contributed by atoms with van der Waals surface area (Å²) in [5.41, 5.74) is 1.97. The molecule has 2 rings (SSSR count). The lowest BCUT2D eigenvalue weighted by Crippen LogP contribution is -2.48. The Kier molecular flexibility index (Phi) is 4.31. The predicted molar refractivity (Wildman–Crippen MR) is 72.2 cm³/mol. The zero-order chi connectivity index (χ0) is 13.8. The van der Waals surface area contributed by atoms with Gasteiger partial charge in [-0.15, -0.1) is 0 Å². The summed E-state index contributed by atoms with van der Waals surface area (Å²) in [5, 5.41) is 0. The van der Waals surface area contributed by atoms with Crippen LogP contribution in [0.2, 0.25) is 0 Å². The second-order valence-electron chi connectivity index (χ2n) is 4.79. The van der Waals surface area contributed by atoms with Gasteiger partial charge in [0.25, 0.3) is 0 Å². The van der Waals surface area contributed by atoms with Crippen molar-refractivity contribution in [1.29, 1.82) is 0 Å². The molecule has 0 saturated carbocycles. The number of piperazine rings is 1. The summed E-state index contributed by atoms with van der Waals surface area (Å²) >= 11 is 0. The average Bonchev–Trinajstić information content (AvgIpc) is 2.38. The maximum Gasteiger partial charge on any atom is 0.319 e. The van der Waals surface area contributed by atoms with Gasteiger partial charge in [0.15, 0.2) is 0 Å². The highest BCUT2D eigenvalue weighted by molar-refractivity contribution is 5.71. The standard InChI is InChI=1S/C13H20N4O2/c1-10-8-11(2)15-13(14-10)17-6-4-16(5-7-17)9-12(18)19-3/h8H,4-7,9H2,1-3H3. The number of esters is 1. The van der Waals surface area contributed by atoms with Crippen molar-refractivity contribution in [2.75, 3.05) is 44.7 Å². The molecule has 0 radical (unpaired) electrons. The van der Waals surface area contributed by atoms with Gasteiger partial charge in [-0.2, -0.15) is 0 Å². The van der Waals surface area contributed by atoms with Crippen molar-refractivity contribution in [3.8, 4) is 0 Å². The van der Waals surface area contributed by atoms with Gasteiger partial charge < -0.3 is 9.64 Å². The molecule has 0 bridgehead atoms. The first kappa shape index (κ1) is 13.7. The van der Waals surface area contributed by atoms with Crippen molar-refractivity contribution < 1.29 is 9.53 Å². The molecule has 0 spiro atoms. The summed E-state index contributed by atoms with van der Waals surface area (Å²) in [5.74, 6) is 0.603. The van der Waals surface area contributed by atoms with Crippen LogP contribution in [0, 0.1) is 13.8 Å². The van der Waals surface area contributed by atoms with Gasteiger partial charge >= 0.3 is 5.97 Å². The molecule has 0 N–H and O–H groups in total. The number of ether oxygens (including phenoxy) is 1. The Hall–Kier alpha value is -1.69. The predicted octanol–water partition coefficient (Wildman–Crippen LogP) is 0.388. The highest BCUT2D eigenvalue weighted by Gasteiger charge is 2.21. The van der Waals surface area contributed by atoms with Gasteiger partial charge in [0.2, 0.25) is 5.95 Å². The molecule has 1 fully saturated rings. The van der Waals surface area contributed by atoms with Gasteiger partial charge in [-0.05, 0) is 19.9 Å². The van der Waals surface area contributed by atoms with E-state index in [4.69, 9.17) is 0 Å². The molecule has 6 nitrogen and oxygen atoms in total. The second kappa shape index (κ2) is 5.97. The topological polar surface area (TPSA) is 58.6 Å². The molecule has 1 saturated heterocycles. The number of hydrogen-bond donors (Lipinski definition) is 0. The third-order valence-corrected chi connectivity index (χ3v) is 3.21. The smallest absolute Gasteiger partial charge is 0.319 e. The first-order valence-corrected chi connectivity index (χ1v) is 6.45. The molecule has 104 valence electrons. The third-order valence-electron chi connectivity index (χ3n) is 3.21. The summed E-state index contributed by atoms with van der Waals surface area (Å²) in [4.78, 5) is 24.4. The van der Waals surface area contributed by atoms with Crippen LogP contribution in [0.3, 0.4) is 0 Å². The Morgan fingerprint density at radius 2 is 1.79 bits per heavy atom. The molecule has 6 heteroatoms. The minimum atomic E-state index is -0.184. The molecule has 1 aromatic heterocycles. The minimum Gasteiger partial charge on any atom is -0.468 e. The van der Waals surface area contributed by atoms with Crippen molar-refractivity contribution >= 4 is 11.9 Å². The zero-order valence-electron chi connectivity index (χ0n) is 11.7. The molecule has 1 aliphatic heterocycles. The lowest BCUT2D eigenvalue weighted by atomic mass is 10.3. The molecule has 0 aromatic carbocycles. The number of nitrogens with zero attached hydrogens (tertiary/aromatic N) is 4. The largest absolute Gasteiger partial charge is 0.468 e. The highest BCUT2D eigenvalue weighted by Crippen LogP contribution is 2.12. The van der Waals surface area contributed by atoms with Crippen LogP contribution >= 0.6 is 0 Å². The van der Waals surface area contributed by atoms with Crippen LogP contribution in [0.25, 0.3) is 0 Å². The van der Waals surface area contributed by atoms with Crippen LogP contribution < -0.4 is 4.90 Å². The van der Waals surface area contributed by atoms with Crippen molar-refractivity contribution in [3.05, 3.63) is 17.5 Å². The Morgan fingerprint density at radius 1 is 1.21 bits per heavy atom. The van der Waals surface area contributed by atoms with Gasteiger partial charge in [0.05, 0.1) is 13.7 Å². The molecule has 1 aliphatic rings. The molecule has 0 aliphatic carbocycles. The lowest BCUT2D eigenvalue weighted by Gasteiger charge is -2.34. The Morgan fingerprint density at radius 3 is 2.32 bits per heavy atom. The number of hydrogen-bond acceptors (Lipinski definition) is 6. The van der Waals surface area contributed by atoms with Crippen LogP contribution in [0.5, 0.6) is 0 Å². The monoisotopic (exact) mass is 264 g/mol. The number of methoxy groups -OCH3 is 1. The number of rotatable bonds is 3. The van der Waals surface area contributed by atoms with Gasteiger partial charge in [-0.1, -0.05) is 0 Å². The van der Waals surface area contributed by atoms with E-state index in [1.165, 1.54) is 7.11 Å². The molecule has 1 aromatic rings. The van der Waals surface area contributed by atoms with E-state index in [1.807, 2.05) is 19.9 Å². The maximum absolute atomic E-state index is 11.2. The Labute approximate surface area is 113 Å². The molecular weight excluding hydrogens is 244 g/mol. The average molecular weight is 264 g/mol. The van der Waals surface area contributed by atoms with Crippen molar-refractivity contribution in [2.45, 2.75) is 13.8 Å². The second-order valence-corrected chi connectivity index (χ2v) is 4.79. The summed E-state index contributed by atoms with van der Waals surface area (Å²) < 4.78 is 4.68. The van der Waals surface area contributed by atoms with Crippen molar-refractivity contribution in [1.82, 2.24) is 14.9 Å². The van der Waals surface area contributed by atoms with Crippen molar-refractivity contribution in [2.24, 2.45) is 0 Å². The van der Waals surface area contributed by atoms with Crippen molar-refractivity contribution in [3.63, 3.8) is 0 Å². The van der Waals surface area contributed by atoms with E-state index in [0.29, 0.717) is 6.54 Å². The fraction of sp³-hybridized carbons (Fsp3) is 0.615. The van der Waals surface area contributed by atoms with E-state index in [0.717, 1.165) is 43.5 Å². The highest BCUT2D eigenvalue weighted by atomic mass is 16.5. The van der Waals surface area contributed by atoms with E-state index in [-0.39, 0.29) is 5.97 Å². The van der Waals surface area contributed by atoms with E-state index < -0.39 is 0 Å². The SMILES string of the molecule is COC(=O)CN1CCN(c2nc(C)cc(C)n2)CC1. The minimum absolute atomic E-state index is 0.184. The normalized spacial score (nSPS) is 16.5. The first-order valence-electron chi connectivity index (χ1n) is 6.45. The quantitative estimate of drug-likeness (QED) is 0.736. The zero-order valence-corrected chi connectivity index (χ0v) is 11.7. The first-order chi connectivity index (χ1) is 9.08. The molecule has 2 heterocycles. The van der Waals surface area contributed by atoms with Crippen LogP contribution in [-0.4, -0.2) is 60.7 Å². The lowest BCUT2D eigenvalue weighted by molar-refractivity contribution is -0.142. The van der Waals surface area contributed by atoms with E-state index >= 15 is 0 Å². The van der Waals surface area contributed by atoms with Crippen LogP contribution in [0.1, 0.15) is 11.4 Å². The van der Waals surface area contributed by atoms with E-state index in [2.05, 4.69) is 24.5 Å². The third kappa shape index (κ3) is 3.64. The number of carbonyl (C=O) groups excluding carboxylic acids is 1. The Balaban J connectivity index is 1.94. The van der Waals surface area contributed by atoms with Crippen LogP contribution in [-0.2, 0) is 9.53 Å². The van der Waals surface area contributed by atoms with Crippen LogP contribution in [0.15, 0.2) is 6.07 Å². The number of anilines is 1. The molecule has 19 heavy (non-hydrogen) atoms. The molecule has 0 unspecified atom stereocenters. The molecule has 0 atom stereocenters. The fourth-order valence-corrected chi connectivity index (χ4v) is 2.20. The van der Waals surface area contributed by atoms with E-state index in [9.17, 15) is 4.79 Å².